The number of hydrogen-bond donors (Lipinski definition) is 2. The minimum atomic E-state index is -1.04. The summed E-state index contributed by atoms with van der Waals surface area (Å²) in [5.74, 6) is 0.484. The maximum Gasteiger partial charge on any atom is 0.137 e. The quantitative estimate of drug-likeness (QED) is 0.804. The molecule has 0 bridgehead atoms. The van der Waals surface area contributed by atoms with Gasteiger partial charge in [-0.15, -0.1) is 11.6 Å². The Hall–Kier alpha value is -0.480. The van der Waals surface area contributed by atoms with Crippen molar-refractivity contribution in [3.05, 3.63) is 28.8 Å². The summed E-state index contributed by atoms with van der Waals surface area (Å²) in [6, 6.07) is 4.80. The Labute approximate surface area is 98.2 Å². The first-order chi connectivity index (χ1) is 7.10. The monoisotopic (exact) mass is 250 g/mol. The molecule has 2 unspecified atom stereocenters. The van der Waals surface area contributed by atoms with Crippen LogP contribution in [-0.4, -0.2) is 29.3 Å². The number of halogens is 2. The van der Waals surface area contributed by atoms with Crippen molar-refractivity contribution in [2.75, 3.05) is 13.0 Å². The molecule has 0 spiro atoms. The Balaban J connectivity index is 2.92. The van der Waals surface area contributed by atoms with Crippen LogP contribution in [0.15, 0.2) is 18.2 Å². The number of methoxy groups -OCH3 is 1. The van der Waals surface area contributed by atoms with Crippen molar-refractivity contribution in [1.29, 1.82) is 0 Å². The molecule has 0 aliphatic carbocycles. The minimum Gasteiger partial charge on any atom is -0.495 e. The lowest BCUT2D eigenvalue weighted by molar-refractivity contribution is 0.0327. The zero-order chi connectivity index (χ0) is 11.4. The van der Waals surface area contributed by atoms with Crippen LogP contribution in [0.5, 0.6) is 5.75 Å². The van der Waals surface area contributed by atoms with E-state index < -0.39 is 12.2 Å². The van der Waals surface area contributed by atoms with Crippen LogP contribution in [0.1, 0.15) is 11.7 Å². The first-order valence-corrected chi connectivity index (χ1v) is 5.27. The van der Waals surface area contributed by atoms with E-state index in [0.29, 0.717) is 16.3 Å². The summed E-state index contributed by atoms with van der Waals surface area (Å²) in [4.78, 5) is 0. The number of aliphatic hydroxyl groups is 2. The number of alkyl halides is 1. The van der Waals surface area contributed by atoms with Gasteiger partial charge in [0, 0.05) is 0 Å². The average molecular weight is 251 g/mol. The fraction of sp³-hybridized carbons (Fsp3) is 0.400. The van der Waals surface area contributed by atoms with Crippen LogP contribution in [0.2, 0.25) is 5.02 Å². The highest BCUT2D eigenvalue weighted by Gasteiger charge is 2.18. The summed E-state index contributed by atoms with van der Waals surface area (Å²) < 4.78 is 4.96. The first-order valence-electron chi connectivity index (χ1n) is 4.35. The molecule has 0 aliphatic rings. The lowest BCUT2D eigenvalue weighted by Crippen LogP contribution is -2.19. The van der Waals surface area contributed by atoms with Crippen LogP contribution in [0.3, 0.4) is 0 Å². The van der Waals surface area contributed by atoms with E-state index in [4.69, 9.17) is 27.9 Å². The normalized spacial score (nSPS) is 14.7. The van der Waals surface area contributed by atoms with Gasteiger partial charge in [0.15, 0.2) is 0 Å². The Bertz CT molecular complexity index is 330. The van der Waals surface area contributed by atoms with E-state index >= 15 is 0 Å². The van der Waals surface area contributed by atoms with Gasteiger partial charge in [0.1, 0.15) is 11.9 Å². The lowest BCUT2D eigenvalue weighted by atomic mass is 10.1. The van der Waals surface area contributed by atoms with Crippen molar-refractivity contribution in [2.45, 2.75) is 12.2 Å². The largest absolute Gasteiger partial charge is 0.495 e. The molecule has 3 nitrogen and oxygen atoms in total. The second-order valence-corrected chi connectivity index (χ2v) is 3.78. The fourth-order valence-electron chi connectivity index (χ4n) is 1.17. The molecule has 0 fully saturated rings. The summed E-state index contributed by atoms with van der Waals surface area (Å²) in [5, 5.41) is 19.4. The van der Waals surface area contributed by atoms with Gasteiger partial charge in [-0.05, 0) is 17.7 Å². The predicted octanol–water partition coefficient (Wildman–Crippen LogP) is 1.98. The van der Waals surface area contributed by atoms with E-state index in [9.17, 15) is 10.2 Å². The molecule has 2 atom stereocenters. The molecule has 0 heterocycles. The van der Waals surface area contributed by atoms with Gasteiger partial charge in [0.2, 0.25) is 0 Å². The second kappa shape index (κ2) is 5.56. The van der Waals surface area contributed by atoms with Crippen LogP contribution < -0.4 is 4.74 Å². The van der Waals surface area contributed by atoms with E-state index in [2.05, 4.69) is 0 Å². The summed E-state index contributed by atoms with van der Waals surface area (Å²) >= 11 is 11.3. The SMILES string of the molecule is COc1ccc(C(O)C(O)CCl)cc1Cl. The van der Waals surface area contributed by atoms with E-state index in [1.54, 1.807) is 18.2 Å². The molecule has 0 radical (unpaired) electrons. The van der Waals surface area contributed by atoms with E-state index in [1.165, 1.54) is 7.11 Å². The number of ether oxygens (including phenoxy) is 1. The van der Waals surface area contributed by atoms with E-state index in [0.717, 1.165) is 0 Å². The number of rotatable bonds is 4. The molecule has 0 saturated heterocycles. The molecule has 0 aliphatic heterocycles. The van der Waals surface area contributed by atoms with Gasteiger partial charge in [0.05, 0.1) is 24.1 Å². The van der Waals surface area contributed by atoms with Gasteiger partial charge in [0.25, 0.3) is 0 Å². The third-order valence-electron chi connectivity index (χ3n) is 2.04. The van der Waals surface area contributed by atoms with Crippen molar-refractivity contribution < 1.29 is 14.9 Å². The molecule has 1 aromatic rings. The Morgan fingerprint density at radius 1 is 1.40 bits per heavy atom. The van der Waals surface area contributed by atoms with Gasteiger partial charge >= 0.3 is 0 Å². The van der Waals surface area contributed by atoms with Gasteiger partial charge in [-0.2, -0.15) is 0 Å². The molecule has 15 heavy (non-hydrogen) atoms. The van der Waals surface area contributed by atoms with Crippen LogP contribution >= 0.6 is 23.2 Å². The average Bonchev–Trinajstić information content (AvgIpc) is 2.26. The molecular formula is C10H12Cl2O3. The van der Waals surface area contributed by atoms with Crippen LogP contribution in [0, 0.1) is 0 Å². The van der Waals surface area contributed by atoms with Gasteiger partial charge in [-0.1, -0.05) is 17.7 Å². The standard InChI is InChI=1S/C10H12Cl2O3/c1-15-9-3-2-6(4-7(9)12)10(14)8(13)5-11/h2-4,8,10,13-14H,5H2,1H3. The highest BCUT2D eigenvalue weighted by atomic mass is 35.5. The highest BCUT2D eigenvalue weighted by Crippen LogP contribution is 2.28. The summed E-state index contributed by atoms with van der Waals surface area (Å²) in [6.07, 6.45) is -2.04. The zero-order valence-corrected chi connectivity index (χ0v) is 9.66. The third-order valence-corrected chi connectivity index (χ3v) is 2.65. The lowest BCUT2D eigenvalue weighted by Gasteiger charge is -2.16. The third kappa shape index (κ3) is 2.98. The molecule has 84 valence electrons. The summed E-state index contributed by atoms with van der Waals surface area (Å²) in [6.45, 7) is 0. The van der Waals surface area contributed by atoms with Gasteiger partial charge in [-0.25, -0.2) is 0 Å². The maximum atomic E-state index is 9.64. The number of hydrogen-bond acceptors (Lipinski definition) is 3. The highest BCUT2D eigenvalue weighted by molar-refractivity contribution is 6.32. The Morgan fingerprint density at radius 3 is 2.53 bits per heavy atom. The van der Waals surface area contributed by atoms with Crippen LogP contribution in [0.4, 0.5) is 0 Å². The van der Waals surface area contributed by atoms with Crippen molar-refractivity contribution in [2.24, 2.45) is 0 Å². The molecule has 1 aromatic carbocycles. The van der Waals surface area contributed by atoms with Crippen molar-refractivity contribution >= 4 is 23.2 Å². The van der Waals surface area contributed by atoms with Crippen molar-refractivity contribution in [1.82, 2.24) is 0 Å². The number of benzene rings is 1. The first kappa shape index (κ1) is 12.6. The zero-order valence-electron chi connectivity index (χ0n) is 8.15. The summed E-state index contributed by atoms with van der Waals surface area (Å²) in [7, 11) is 1.50. The van der Waals surface area contributed by atoms with Crippen LogP contribution in [0.25, 0.3) is 0 Å². The second-order valence-electron chi connectivity index (χ2n) is 3.06. The maximum absolute atomic E-state index is 9.64. The Kier molecular flexibility index (Phi) is 4.67. The van der Waals surface area contributed by atoms with Crippen LogP contribution in [-0.2, 0) is 0 Å². The molecule has 0 saturated carbocycles. The van der Waals surface area contributed by atoms with Crippen molar-refractivity contribution in [3.63, 3.8) is 0 Å². The molecule has 0 amide bonds. The molecule has 5 heteroatoms. The van der Waals surface area contributed by atoms with E-state index in [-0.39, 0.29) is 5.88 Å². The predicted molar refractivity (Wildman–Crippen MR) is 59.7 cm³/mol. The molecule has 1 rings (SSSR count). The topological polar surface area (TPSA) is 49.7 Å². The molecular weight excluding hydrogens is 239 g/mol. The van der Waals surface area contributed by atoms with Crippen molar-refractivity contribution in [3.8, 4) is 5.75 Å². The smallest absolute Gasteiger partial charge is 0.137 e. The number of aliphatic hydroxyl groups excluding tert-OH is 2. The fourth-order valence-corrected chi connectivity index (χ4v) is 1.61. The summed E-state index contributed by atoms with van der Waals surface area (Å²) in [5.41, 5.74) is 0.508. The van der Waals surface area contributed by atoms with E-state index in [1.807, 2.05) is 0 Å². The Morgan fingerprint density at radius 2 is 2.07 bits per heavy atom. The molecule has 2 N–H and O–H groups in total. The molecule has 0 aromatic heterocycles. The van der Waals surface area contributed by atoms with Gasteiger partial charge < -0.3 is 14.9 Å². The van der Waals surface area contributed by atoms with Gasteiger partial charge in [-0.3, -0.25) is 0 Å². The minimum absolute atomic E-state index is 0.0369.